The predicted molar refractivity (Wildman–Crippen MR) is 91.1 cm³/mol. The third-order valence-corrected chi connectivity index (χ3v) is 3.67. The van der Waals surface area contributed by atoms with Crippen LogP contribution in [0.25, 0.3) is 0 Å². The van der Waals surface area contributed by atoms with Crippen LogP contribution in [0.1, 0.15) is 11.1 Å². The van der Waals surface area contributed by atoms with Crippen molar-refractivity contribution in [3.63, 3.8) is 0 Å². The van der Waals surface area contributed by atoms with E-state index >= 15 is 0 Å². The van der Waals surface area contributed by atoms with Crippen LogP contribution in [0.5, 0.6) is 11.5 Å². The van der Waals surface area contributed by atoms with Gasteiger partial charge in [0.2, 0.25) is 0 Å². The number of hydrogen-bond acceptors (Lipinski definition) is 4. The van der Waals surface area contributed by atoms with E-state index in [4.69, 9.17) is 26.3 Å². The Morgan fingerprint density at radius 1 is 1.25 bits per heavy atom. The number of amides is 1. The Bertz CT molecular complexity index is 771. The Balaban J connectivity index is 2.00. The molecule has 0 aliphatic heterocycles. The molecule has 0 heterocycles. The summed E-state index contributed by atoms with van der Waals surface area (Å²) in [5.74, 6) is 0.835. The highest BCUT2D eigenvalue weighted by molar-refractivity contribution is 6.30. The summed E-state index contributed by atoms with van der Waals surface area (Å²) in [5, 5.41) is 9.59. The number of nitriles is 1. The van der Waals surface area contributed by atoms with Gasteiger partial charge in [0.05, 0.1) is 12.7 Å². The molecular weight excluding hydrogens is 328 g/mol. The van der Waals surface area contributed by atoms with Crippen LogP contribution < -0.4 is 9.47 Å². The monoisotopic (exact) mass is 344 g/mol. The normalized spacial score (nSPS) is 9.92. The minimum absolute atomic E-state index is 0.155. The maximum atomic E-state index is 12.2. The molecule has 0 fully saturated rings. The van der Waals surface area contributed by atoms with Gasteiger partial charge in [-0.3, -0.25) is 4.79 Å². The molecule has 24 heavy (non-hydrogen) atoms. The van der Waals surface area contributed by atoms with E-state index < -0.39 is 0 Å². The molecule has 0 saturated heterocycles. The molecule has 0 aromatic heterocycles. The number of nitrogens with zero attached hydrogens (tertiary/aromatic N) is 2. The van der Waals surface area contributed by atoms with Crippen LogP contribution in [0.2, 0.25) is 5.02 Å². The lowest BCUT2D eigenvalue weighted by atomic mass is 10.2. The zero-order valence-electron chi connectivity index (χ0n) is 13.5. The number of carbonyl (C=O) groups excluding carboxylic acids is 1. The molecule has 0 saturated carbocycles. The number of hydrogen-bond donors (Lipinski definition) is 0. The quantitative estimate of drug-likeness (QED) is 0.807. The van der Waals surface area contributed by atoms with Gasteiger partial charge in [-0.2, -0.15) is 5.26 Å². The smallest absolute Gasteiger partial charge is 0.260 e. The summed E-state index contributed by atoms with van der Waals surface area (Å²) in [6.07, 6.45) is 0. The van der Waals surface area contributed by atoms with Crippen LogP contribution in [0.4, 0.5) is 0 Å². The Kier molecular flexibility index (Phi) is 6.05. The summed E-state index contributed by atoms with van der Waals surface area (Å²) in [7, 11) is 3.23. The van der Waals surface area contributed by atoms with Crippen LogP contribution in [-0.2, 0) is 11.3 Å². The first-order valence-electron chi connectivity index (χ1n) is 7.23. The van der Waals surface area contributed by atoms with Crippen LogP contribution in [0.15, 0.2) is 42.5 Å². The van der Waals surface area contributed by atoms with E-state index in [0.29, 0.717) is 28.6 Å². The second-order valence-electron chi connectivity index (χ2n) is 5.10. The van der Waals surface area contributed by atoms with Crippen LogP contribution in [0, 0.1) is 11.3 Å². The number of halogens is 1. The molecule has 2 rings (SSSR count). The molecule has 0 spiro atoms. The summed E-state index contributed by atoms with van der Waals surface area (Å²) in [5.41, 5.74) is 1.20. The van der Waals surface area contributed by atoms with Gasteiger partial charge >= 0.3 is 0 Å². The maximum Gasteiger partial charge on any atom is 0.260 e. The first-order valence-corrected chi connectivity index (χ1v) is 7.61. The van der Waals surface area contributed by atoms with Gasteiger partial charge in [-0.25, -0.2) is 0 Å². The lowest BCUT2D eigenvalue weighted by molar-refractivity contribution is -0.132. The third kappa shape index (κ3) is 4.40. The van der Waals surface area contributed by atoms with Crippen molar-refractivity contribution in [2.45, 2.75) is 6.54 Å². The molecule has 2 aromatic rings. The highest BCUT2D eigenvalue weighted by Gasteiger charge is 2.14. The lowest BCUT2D eigenvalue weighted by Gasteiger charge is -2.19. The van der Waals surface area contributed by atoms with E-state index in [-0.39, 0.29) is 12.5 Å². The van der Waals surface area contributed by atoms with Crippen molar-refractivity contribution >= 4 is 17.5 Å². The molecule has 1 amide bonds. The van der Waals surface area contributed by atoms with Gasteiger partial charge in [-0.1, -0.05) is 23.7 Å². The molecule has 0 aliphatic carbocycles. The number of likely N-dealkylation sites (N-methyl/N-ethyl adjacent to an activating group) is 1. The van der Waals surface area contributed by atoms with Gasteiger partial charge in [-0.15, -0.1) is 0 Å². The molecule has 0 unspecified atom stereocenters. The molecule has 6 heteroatoms. The third-order valence-electron chi connectivity index (χ3n) is 3.43. The zero-order chi connectivity index (χ0) is 17.5. The molecule has 124 valence electrons. The van der Waals surface area contributed by atoms with E-state index in [2.05, 4.69) is 0 Å². The Morgan fingerprint density at radius 3 is 2.71 bits per heavy atom. The number of methoxy groups -OCH3 is 1. The minimum atomic E-state index is -0.218. The number of benzene rings is 2. The van der Waals surface area contributed by atoms with Crippen molar-refractivity contribution in [2.75, 3.05) is 20.8 Å². The summed E-state index contributed by atoms with van der Waals surface area (Å²) in [4.78, 5) is 13.8. The van der Waals surface area contributed by atoms with Crippen molar-refractivity contribution in [1.82, 2.24) is 4.90 Å². The van der Waals surface area contributed by atoms with Crippen LogP contribution >= 0.6 is 11.6 Å². The number of ether oxygens (including phenoxy) is 2. The van der Waals surface area contributed by atoms with E-state index in [1.807, 2.05) is 6.07 Å². The average Bonchev–Trinajstić information content (AvgIpc) is 2.60. The molecular formula is C18H17ClN2O3. The van der Waals surface area contributed by atoms with Gasteiger partial charge in [0.25, 0.3) is 5.91 Å². The topological polar surface area (TPSA) is 62.6 Å². The second-order valence-corrected chi connectivity index (χ2v) is 5.54. The molecule has 0 aliphatic rings. The summed E-state index contributed by atoms with van der Waals surface area (Å²) < 4.78 is 10.7. The molecule has 2 aromatic carbocycles. The largest absolute Gasteiger partial charge is 0.496 e. The summed E-state index contributed by atoms with van der Waals surface area (Å²) in [6.45, 7) is 0.184. The number of rotatable bonds is 6. The van der Waals surface area contributed by atoms with E-state index in [0.717, 1.165) is 5.56 Å². The van der Waals surface area contributed by atoms with Crippen LogP contribution in [0.3, 0.4) is 0 Å². The van der Waals surface area contributed by atoms with Crippen molar-refractivity contribution in [2.24, 2.45) is 0 Å². The Hall–Kier alpha value is -2.71. The molecule has 0 N–H and O–H groups in total. The maximum absolute atomic E-state index is 12.2. The fourth-order valence-electron chi connectivity index (χ4n) is 2.15. The molecule has 0 radical (unpaired) electrons. The van der Waals surface area contributed by atoms with Crippen molar-refractivity contribution in [3.05, 3.63) is 58.6 Å². The number of para-hydroxylation sites is 1. The summed E-state index contributed by atoms with van der Waals surface area (Å²) in [6, 6.07) is 14.1. The standard InChI is InChI=1S/C18H17ClN2O3/c1-21(11-14-9-15(19)7-8-16(14)23-2)18(22)12-24-17-6-4-3-5-13(17)10-20/h3-9H,11-12H2,1-2H3. The van der Waals surface area contributed by atoms with Gasteiger partial charge in [0.15, 0.2) is 6.61 Å². The average molecular weight is 345 g/mol. The van der Waals surface area contributed by atoms with Crippen LogP contribution in [-0.4, -0.2) is 31.6 Å². The van der Waals surface area contributed by atoms with E-state index in [1.165, 1.54) is 4.90 Å². The fourth-order valence-corrected chi connectivity index (χ4v) is 2.34. The van der Waals surface area contributed by atoms with E-state index in [9.17, 15) is 4.79 Å². The summed E-state index contributed by atoms with van der Waals surface area (Å²) >= 11 is 6.00. The molecule has 0 bridgehead atoms. The Labute approximate surface area is 146 Å². The molecule has 5 nitrogen and oxygen atoms in total. The lowest BCUT2D eigenvalue weighted by Crippen LogP contribution is -2.31. The highest BCUT2D eigenvalue weighted by Crippen LogP contribution is 2.24. The van der Waals surface area contributed by atoms with Gasteiger partial charge < -0.3 is 14.4 Å². The van der Waals surface area contributed by atoms with Gasteiger partial charge in [0, 0.05) is 24.2 Å². The number of carbonyl (C=O) groups is 1. The van der Waals surface area contributed by atoms with E-state index in [1.54, 1.807) is 56.6 Å². The van der Waals surface area contributed by atoms with Gasteiger partial charge in [0.1, 0.15) is 17.6 Å². The second kappa shape index (κ2) is 8.23. The molecule has 0 atom stereocenters. The SMILES string of the molecule is COc1ccc(Cl)cc1CN(C)C(=O)COc1ccccc1C#N. The van der Waals surface area contributed by atoms with Crippen molar-refractivity contribution in [1.29, 1.82) is 5.26 Å². The Morgan fingerprint density at radius 2 is 2.00 bits per heavy atom. The van der Waals surface area contributed by atoms with Crippen molar-refractivity contribution < 1.29 is 14.3 Å². The first-order chi connectivity index (χ1) is 11.5. The van der Waals surface area contributed by atoms with Crippen molar-refractivity contribution in [3.8, 4) is 17.6 Å². The highest BCUT2D eigenvalue weighted by atomic mass is 35.5. The predicted octanol–water partition coefficient (Wildman–Crippen LogP) is 3.26. The fraction of sp³-hybridized carbons (Fsp3) is 0.222. The minimum Gasteiger partial charge on any atom is -0.496 e. The first kappa shape index (κ1) is 17.6. The van der Waals surface area contributed by atoms with Gasteiger partial charge in [-0.05, 0) is 30.3 Å². The zero-order valence-corrected chi connectivity index (χ0v) is 14.2.